The number of nitrogens with zero attached hydrogens (tertiary/aromatic N) is 1. The van der Waals surface area contributed by atoms with E-state index in [-0.39, 0.29) is 5.91 Å². The summed E-state index contributed by atoms with van der Waals surface area (Å²) in [6.07, 6.45) is 4.67. The maximum Gasteiger partial charge on any atom is 0.254 e. The van der Waals surface area contributed by atoms with E-state index in [1.54, 1.807) is 6.07 Å². The van der Waals surface area contributed by atoms with Crippen LogP contribution in [0, 0.1) is 12.8 Å². The van der Waals surface area contributed by atoms with Crippen LogP contribution in [0.1, 0.15) is 48.5 Å². The minimum absolute atomic E-state index is 0.101. The number of nitrogens with two attached hydrogens (primary N) is 1. The van der Waals surface area contributed by atoms with Gasteiger partial charge in [0.15, 0.2) is 0 Å². The molecule has 2 N–H and O–H groups in total. The van der Waals surface area contributed by atoms with Crippen molar-refractivity contribution in [2.24, 2.45) is 5.92 Å². The lowest BCUT2D eigenvalue weighted by Gasteiger charge is -2.34. The summed E-state index contributed by atoms with van der Waals surface area (Å²) in [5, 5.41) is 0. The standard InChI is InChI=1S/C16H24N2O/c1-11-4-8-14(9-5-11)18(3)16(19)15-10-13(17)7-6-12(15)2/h6-7,10-11,14H,4-5,8-9,17H2,1-3H3. The number of aryl methyl sites for hydroxylation is 1. The van der Waals surface area contributed by atoms with Gasteiger partial charge >= 0.3 is 0 Å². The normalized spacial score (nSPS) is 23.1. The highest BCUT2D eigenvalue weighted by molar-refractivity contribution is 5.96. The highest BCUT2D eigenvalue weighted by Gasteiger charge is 2.26. The summed E-state index contributed by atoms with van der Waals surface area (Å²) in [4.78, 5) is 14.5. The van der Waals surface area contributed by atoms with Crippen LogP contribution in [0.25, 0.3) is 0 Å². The third-order valence-corrected chi connectivity index (χ3v) is 4.35. The zero-order valence-electron chi connectivity index (χ0n) is 12.1. The first-order valence-corrected chi connectivity index (χ1v) is 7.12. The molecule has 1 fully saturated rings. The monoisotopic (exact) mass is 260 g/mol. The van der Waals surface area contributed by atoms with E-state index in [1.807, 2.05) is 31.0 Å². The predicted molar refractivity (Wildman–Crippen MR) is 79.1 cm³/mol. The molecule has 0 saturated heterocycles. The zero-order valence-corrected chi connectivity index (χ0v) is 12.1. The second-order valence-electron chi connectivity index (χ2n) is 5.90. The molecule has 0 aliphatic heterocycles. The van der Waals surface area contributed by atoms with Crippen LogP contribution >= 0.6 is 0 Å². The number of amides is 1. The molecule has 0 atom stereocenters. The third kappa shape index (κ3) is 3.09. The van der Waals surface area contributed by atoms with Gasteiger partial charge in [0.05, 0.1) is 0 Å². The van der Waals surface area contributed by atoms with Gasteiger partial charge in [0.25, 0.3) is 5.91 Å². The Morgan fingerprint density at radius 3 is 2.53 bits per heavy atom. The first-order chi connectivity index (χ1) is 8.99. The summed E-state index contributed by atoms with van der Waals surface area (Å²) in [6.45, 7) is 4.25. The average molecular weight is 260 g/mol. The molecule has 0 heterocycles. The molecule has 0 spiro atoms. The average Bonchev–Trinajstić information content (AvgIpc) is 2.41. The zero-order chi connectivity index (χ0) is 14.0. The van der Waals surface area contributed by atoms with E-state index in [0.717, 1.165) is 29.9 Å². The molecule has 1 aliphatic rings. The van der Waals surface area contributed by atoms with Crippen LogP contribution in [0.2, 0.25) is 0 Å². The lowest BCUT2D eigenvalue weighted by Crippen LogP contribution is -2.39. The SMILES string of the molecule is Cc1ccc(N)cc1C(=O)N(C)C1CCC(C)CC1. The van der Waals surface area contributed by atoms with Crippen LogP contribution in [0.15, 0.2) is 18.2 Å². The van der Waals surface area contributed by atoms with Crippen molar-refractivity contribution in [1.29, 1.82) is 0 Å². The van der Waals surface area contributed by atoms with Crippen molar-refractivity contribution in [2.75, 3.05) is 12.8 Å². The van der Waals surface area contributed by atoms with Crippen molar-refractivity contribution in [2.45, 2.75) is 45.6 Å². The summed E-state index contributed by atoms with van der Waals surface area (Å²) < 4.78 is 0. The van der Waals surface area contributed by atoms with Gasteiger partial charge in [0.2, 0.25) is 0 Å². The Morgan fingerprint density at radius 2 is 1.89 bits per heavy atom. The third-order valence-electron chi connectivity index (χ3n) is 4.35. The number of nitrogen functional groups attached to an aromatic ring is 1. The van der Waals surface area contributed by atoms with Gasteiger partial charge in [-0.15, -0.1) is 0 Å². The van der Waals surface area contributed by atoms with Gasteiger partial charge < -0.3 is 10.6 Å². The Bertz CT molecular complexity index is 462. The van der Waals surface area contributed by atoms with Crippen LogP contribution in [-0.2, 0) is 0 Å². The molecule has 0 bridgehead atoms. The molecule has 3 heteroatoms. The fourth-order valence-corrected chi connectivity index (χ4v) is 2.86. The Kier molecular flexibility index (Phi) is 4.13. The number of hydrogen-bond donors (Lipinski definition) is 1. The summed E-state index contributed by atoms with van der Waals surface area (Å²) in [6, 6.07) is 5.93. The maximum absolute atomic E-state index is 12.6. The molecule has 19 heavy (non-hydrogen) atoms. The molecular weight excluding hydrogens is 236 g/mol. The Balaban J connectivity index is 2.12. The van der Waals surface area contributed by atoms with Gasteiger partial charge in [-0.05, 0) is 56.2 Å². The van der Waals surface area contributed by atoms with E-state index in [0.29, 0.717) is 11.7 Å². The smallest absolute Gasteiger partial charge is 0.254 e. The van der Waals surface area contributed by atoms with Gasteiger partial charge in [-0.3, -0.25) is 4.79 Å². The van der Waals surface area contributed by atoms with Gasteiger partial charge in [-0.1, -0.05) is 13.0 Å². The predicted octanol–water partition coefficient (Wildman–Crippen LogP) is 3.23. The number of rotatable bonds is 2. The molecule has 3 nitrogen and oxygen atoms in total. The van der Waals surface area contributed by atoms with E-state index in [9.17, 15) is 4.79 Å². The van der Waals surface area contributed by atoms with Crippen molar-refractivity contribution < 1.29 is 4.79 Å². The largest absolute Gasteiger partial charge is 0.399 e. The fourth-order valence-electron chi connectivity index (χ4n) is 2.86. The minimum atomic E-state index is 0.101. The van der Waals surface area contributed by atoms with Gasteiger partial charge in [0, 0.05) is 24.3 Å². The molecule has 2 rings (SSSR count). The van der Waals surface area contributed by atoms with Crippen molar-refractivity contribution >= 4 is 11.6 Å². The molecule has 0 unspecified atom stereocenters. The molecule has 0 radical (unpaired) electrons. The minimum Gasteiger partial charge on any atom is -0.399 e. The van der Waals surface area contributed by atoms with Crippen LogP contribution in [0.4, 0.5) is 5.69 Å². The fraction of sp³-hybridized carbons (Fsp3) is 0.562. The second kappa shape index (κ2) is 5.64. The highest BCUT2D eigenvalue weighted by Crippen LogP contribution is 2.27. The molecule has 1 amide bonds. The van der Waals surface area contributed by atoms with E-state index in [1.165, 1.54) is 12.8 Å². The maximum atomic E-state index is 12.6. The first kappa shape index (κ1) is 13.9. The quantitative estimate of drug-likeness (QED) is 0.830. The Labute approximate surface area is 115 Å². The van der Waals surface area contributed by atoms with Gasteiger partial charge in [-0.25, -0.2) is 0 Å². The summed E-state index contributed by atoms with van der Waals surface area (Å²) in [5.74, 6) is 0.901. The van der Waals surface area contributed by atoms with E-state index in [4.69, 9.17) is 5.73 Å². The van der Waals surface area contributed by atoms with Gasteiger partial charge in [0.1, 0.15) is 0 Å². The van der Waals surface area contributed by atoms with E-state index < -0.39 is 0 Å². The molecular formula is C16H24N2O. The van der Waals surface area contributed by atoms with Crippen molar-refractivity contribution in [3.8, 4) is 0 Å². The molecule has 104 valence electrons. The molecule has 0 aromatic heterocycles. The van der Waals surface area contributed by atoms with Crippen molar-refractivity contribution in [3.63, 3.8) is 0 Å². The van der Waals surface area contributed by atoms with Crippen molar-refractivity contribution in [3.05, 3.63) is 29.3 Å². The number of benzene rings is 1. The lowest BCUT2D eigenvalue weighted by atomic mass is 9.86. The Morgan fingerprint density at radius 1 is 1.26 bits per heavy atom. The first-order valence-electron chi connectivity index (χ1n) is 7.12. The molecule has 1 aromatic carbocycles. The van der Waals surface area contributed by atoms with Crippen LogP contribution in [-0.4, -0.2) is 23.9 Å². The summed E-state index contributed by atoms with van der Waals surface area (Å²) in [5.41, 5.74) is 8.18. The number of carbonyl (C=O) groups is 1. The molecule has 1 saturated carbocycles. The summed E-state index contributed by atoms with van der Waals surface area (Å²) >= 11 is 0. The van der Waals surface area contributed by atoms with Gasteiger partial charge in [-0.2, -0.15) is 0 Å². The van der Waals surface area contributed by atoms with Crippen LogP contribution in [0.3, 0.4) is 0 Å². The number of hydrogen-bond acceptors (Lipinski definition) is 2. The van der Waals surface area contributed by atoms with Crippen LogP contribution in [0.5, 0.6) is 0 Å². The van der Waals surface area contributed by atoms with E-state index >= 15 is 0 Å². The summed E-state index contributed by atoms with van der Waals surface area (Å²) in [7, 11) is 1.92. The Hall–Kier alpha value is -1.51. The topological polar surface area (TPSA) is 46.3 Å². The van der Waals surface area contributed by atoms with Crippen LogP contribution < -0.4 is 5.73 Å². The molecule has 1 aromatic rings. The second-order valence-corrected chi connectivity index (χ2v) is 5.90. The molecule has 1 aliphatic carbocycles. The number of anilines is 1. The highest BCUT2D eigenvalue weighted by atomic mass is 16.2. The van der Waals surface area contributed by atoms with Crippen molar-refractivity contribution in [1.82, 2.24) is 4.90 Å². The van der Waals surface area contributed by atoms with E-state index in [2.05, 4.69) is 6.92 Å². The lowest BCUT2D eigenvalue weighted by molar-refractivity contribution is 0.0679. The number of carbonyl (C=O) groups excluding carboxylic acids is 1.